The Morgan fingerprint density at radius 3 is 2.69 bits per heavy atom. The number of carbonyl (C=O) groups is 1. The van der Waals surface area contributed by atoms with E-state index in [9.17, 15) is 4.79 Å². The number of aryl methyl sites for hydroxylation is 1. The number of carbonyl (C=O) groups excluding carboxylic acids is 1. The van der Waals surface area contributed by atoms with Gasteiger partial charge in [-0.05, 0) is 41.2 Å². The second-order valence-electron chi connectivity index (χ2n) is 10.5. The Morgan fingerprint density at radius 1 is 1.21 bits per heavy atom. The second kappa shape index (κ2) is 12.1. The lowest BCUT2D eigenvalue weighted by atomic mass is 9.86. The third kappa shape index (κ3) is 7.00. The molecule has 2 aliphatic rings. The SMILES string of the molecule is C=C/N=C1/C=NC(N2CCOCC2)=N/C1=C(/N)Nc1cc(C(=O)NCc2cccc(C(C)(C)C)c2)ccc1C. The van der Waals surface area contributed by atoms with Crippen LogP contribution in [-0.2, 0) is 16.7 Å². The average molecular weight is 528 g/mol. The van der Waals surface area contributed by atoms with E-state index in [4.69, 9.17) is 15.5 Å². The van der Waals surface area contributed by atoms with E-state index < -0.39 is 0 Å². The first-order chi connectivity index (χ1) is 18.7. The van der Waals surface area contributed by atoms with E-state index in [0.717, 1.165) is 11.1 Å². The number of aliphatic imine (C=N–C) groups is 3. The van der Waals surface area contributed by atoms with Crippen LogP contribution in [0.5, 0.6) is 0 Å². The number of nitrogens with zero attached hydrogens (tertiary/aromatic N) is 4. The van der Waals surface area contributed by atoms with Crippen molar-refractivity contribution in [3.8, 4) is 0 Å². The summed E-state index contributed by atoms with van der Waals surface area (Å²) in [4.78, 5) is 28.5. The van der Waals surface area contributed by atoms with Gasteiger partial charge in [-0.3, -0.25) is 9.79 Å². The zero-order valence-corrected chi connectivity index (χ0v) is 23.1. The number of nitrogens with two attached hydrogens (primary N) is 1. The third-order valence-corrected chi connectivity index (χ3v) is 6.55. The van der Waals surface area contributed by atoms with Gasteiger partial charge in [0.1, 0.15) is 17.2 Å². The van der Waals surface area contributed by atoms with Gasteiger partial charge < -0.3 is 26.0 Å². The van der Waals surface area contributed by atoms with Crippen molar-refractivity contribution < 1.29 is 9.53 Å². The van der Waals surface area contributed by atoms with Crippen molar-refractivity contribution in [2.75, 3.05) is 31.6 Å². The summed E-state index contributed by atoms with van der Waals surface area (Å²) in [6.45, 7) is 15.2. The molecule has 0 atom stereocenters. The highest BCUT2D eigenvalue weighted by Crippen LogP contribution is 2.23. The molecule has 0 radical (unpaired) electrons. The van der Waals surface area contributed by atoms with Crippen LogP contribution in [0.3, 0.4) is 0 Å². The van der Waals surface area contributed by atoms with Crippen molar-refractivity contribution >= 4 is 29.5 Å². The van der Waals surface area contributed by atoms with Gasteiger partial charge in [-0.2, -0.15) is 0 Å². The minimum atomic E-state index is -0.170. The van der Waals surface area contributed by atoms with E-state index in [-0.39, 0.29) is 11.3 Å². The highest BCUT2D eigenvalue weighted by molar-refractivity contribution is 6.41. The summed E-state index contributed by atoms with van der Waals surface area (Å²) in [5.41, 5.74) is 11.9. The summed E-state index contributed by atoms with van der Waals surface area (Å²) in [5.74, 6) is 0.686. The summed E-state index contributed by atoms with van der Waals surface area (Å²) in [7, 11) is 0. The molecule has 2 aromatic rings. The van der Waals surface area contributed by atoms with E-state index in [2.05, 4.69) is 60.1 Å². The van der Waals surface area contributed by atoms with Crippen LogP contribution in [0, 0.1) is 6.92 Å². The number of ether oxygens (including phenoxy) is 1. The number of hydrogen-bond acceptors (Lipinski definition) is 8. The Balaban J connectivity index is 1.53. The smallest absolute Gasteiger partial charge is 0.251 e. The number of allylic oxidation sites excluding steroid dienone is 1. The summed E-state index contributed by atoms with van der Waals surface area (Å²) < 4.78 is 5.44. The van der Waals surface area contributed by atoms with Crippen LogP contribution in [0.15, 0.2) is 81.7 Å². The molecule has 0 spiro atoms. The van der Waals surface area contributed by atoms with Crippen LogP contribution >= 0.6 is 0 Å². The molecule has 9 heteroatoms. The lowest BCUT2D eigenvalue weighted by molar-refractivity contribution is 0.0676. The van der Waals surface area contributed by atoms with Gasteiger partial charge in [0.25, 0.3) is 5.91 Å². The van der Waals surface area contributed by atoms with E-state index >= 15 is 0 Å². The van der Waals surface area contributed by atoms with Crippen molar-refractivity contribution in [3.63, 3.8) is 0 Å². The lowest BCUT2D eigenvalue weighted by Crippen LogP contribution is -2.41. The summed E-state index contributed by atoms with van der Waals surface area (Å²) >= 11 is 0. The van der Waals surface area contributed by atoms with Gasteiger partial charge in [0, 0.05) is 37.1 Å². The fourth-order valence-electron chi connectivity index (χ4n) is 4.21. The fourth-order valence-corrected chi connectivity index (χ4v) is 4.21. The Bertz CT molecular complexity index is 1360. The van der Waals surface area contributed by atoms with Crippen LogP contribution < -0.4 is 16.4 Å². The molecule has 0 aromatic heterocycles. The predicted octanol–water partition coefficient (Wildman–Crippen LogP) is 4.12. The highest BCUT2D eigenvalue weighted by atomic mass is 16.5. The molecule has 0 saturated carbocycles. The van der Waals surface area contributed by atoms with Gasteiger partial charge in [0.2, 0.25) is 5.96 Å². The number of amides is 1. The van der Waals surface area contributed by atoms with Crippen LogP contribution in [0.2, 0.25) is 0 Å². The highest BCUT2D eigenvalue weighted by Gasteiger charge is 2.22. The van der Waals surface area contributed by atoms with Gasteiger partial charge in [-0.25, -0.2) is 9.98 Å². The van der Waals surface area contributed by atoms with E-state index in [1.807, 2.05) is 30.0 Å². The molecule has 0 unspecified atom stereocenters. The molecule has 1 fully saturated rings. The van der Waals surface area contributed by atoms with Crippen LogP contribution in [-0.4, -0.2) is 55.0 Å². The zero-order chi connectivity index (χ0) is 28.0. The molecule has 0 bridgehead atoms. The minimum Gasteiger partial charge on any atom is -0.383 e. The molecule has 204 valence electrons. The molecular weight excluding hydrogens is 490 g/mol. The zero-order valence-electron chi connectivity index (χ0n) is 23.1. The topological polar surface area (TPSA) is 117 Å². The first-order valence-corrected chi connectivity index (χ1v) is 13.1. The van der Waals surface area contributed by atoms with Crippen LogP contribution in [0.1, 0.15) is 47.8 Å². The van der Waals surface area contributed by atoms with Gasteiger partial charge in [0.15, 0.2) is 0 Å². The lowest BCUT2D eigenvalue weighted by Gasteiger charge is -2.29. The third-order valence-electron chi connectivity index (χ3n) is 6.55. The molecule has 4 rings (SSSR count). The van der Waals surface area contributed by atoms with E-state index in [1.165, 1.54) is 11.8 Å². The minimum absolute atomic E-state index is 0.0411. The number of hydrogen-bond donors (Lipinski definition) is 3. The molecule has 39 heavy (non-hydrogen) atoms. The van der Waals surface area contributed by atoms with Gasteiger partial charge >= 0.3 is 0 Å². The summed E-state index contributed by atoms with van der Waals surface area (Å²) in [5, 5.41) is 6.26. The molecule has 4 N–H and O–H groups in total. The van der Waals surface area contributed by atoms with Crippen molar-refractivity contribution in [2.45, 2.75) is 39.7 Å². The van der Waals surface area contributed by atoms with Gasteiger partial charge in [-0.15, -0.1) is 0 Å². The predicted molar refractivity (Wildman–Crippen MR) is 158 cm³/mol. The normalized spacial score (nSPS) is 18.0. The van der Waals surface area contributed by atoms with Crippen molar-refractivity contribution in [2.24, 2.45) is 20.7 Å². The number of nitrogens with one attached hydrogen (secondary N) is 2. The standard InChI is InChI=1S/C30H37N7O2/c1-6-32-25-19-34-29(37-12-14-39-15-13-37)36-26(25)27(31)35-24-17-22(11-10-20(24)2)28(38)33-18-21-8-7-9-23(16-21)30(3,4)5/h6-11,16-17,19,35H,1,12-15,18,31H2,2-5H3,(H,33,38)/b27-26-,32-25-. The number of rotatable bonds is 6. The van der Waals surface area contributed by atoms with Crippen molar-refractivity contribution in [1.29, 1.82) is 0 Å². The molecule has 1 amide bonds. The van der Waals surface area contributed by atoms with Crippen molar-refractivity contribution in [1.82, 2.24) is 10.2 Å². The van der Waals surface area contributed by atoms with Gasteiger partial charge in [-0.1, -0.05) is 57.7 Å². The molecule has 2 aromatic carbocycles. The molecule has 2 heterocycles. The summed E-state index contributed by atoms with van der Waals surface area (Å²) in [6, 6.07) is 13.8. The second-order valence-corrected chi connectivity index (χ2v) is 10.5. The number of morpholine rings is 1. The fraction of sp³-hybridized carbons (Fsp3) is 0.333. The maximum absolute atomic E-state index is 13.0. The maximum atomic E-state index is 13.0. The average Bonchev–Trinajstić information content (AvgIpc) is 2.93. The van der Waals surface area contributed by atoms with Crippen LogP contribution in [0.4, 0.5) is 5.69 Å². The Hall–Kier alpha value is -4.24. The largest absolute Gasteiger partial charge is 0.383 e. The first kappa shape index (κ1) is 27.8. The number of anilines is 1. The maximum Gasteiger partial charge on any atom is 0.251 e. The summed E-state index contributed by atoms with van der Waals surface area (Å²) in [6.07, 6.45) is 3.06. The molecular formula is C30H37N7O2. The van der Waals surface area contributed by atoms with Crippen molar-refractivity contribution in [3.05, 3.63) is 89.0 Å². The van der Waals surface area contributed by atoms with E-state index in [1.54, 1.807) is 18.3 Å². The van der Waals surface area contributed by atoms with Gasteiger partial charge in [0.05, 0.1) is 19.4 Å². The number of benzene rings is 2. The quantitative estimate of drug-likeness (QED) is 0.523. The Kier molecular flexibility index (Phi) is 8.61. The molecule has 2 aliphatic heterocycles. The van der Waals surface area contributed by atoms with E-state index in [0.29, 0.717) is 67.3 Å². The Labute approximate surface area is 230 Å². The number of guanidine groups is 1. The monoisotopic (exact) mass is 527 g/mol. The Morgan fingerprint density at radius 2 is 1.97 bits per heavy atom. The molecule has 0 aliphatic carbocycles. The first-order valence-electron chi connectivity index (χ1n) is 13.1. The molecule has 1 saturated heterocycles. The van der Waals surface area contributed by atoms with Crippen LogP contribution in [0.25, 0.3) is 0 Å². The molecule has 9 nitrogen and oxygen atoms in total.